The molecule has 0 radical (unpaired) electrons. The highest BCUT2D eigenvalue weighted by Gasteiger charge is 2.32. The summed E-state index contributed by atoms with van der Waals surface area (Å²) >= 11 is 6.34. The molecule has 0 amide bonds. The molecule has 3 atom stereocenters. The number of rotatable bonds is 1. The third kappa shape index (κ3) is 2.35. The second kappa shape index (κ2) is 4.97. The van der Waals surface area contributed by atoms with E-state index in [1.165, 1.54) is 56.2 Å². The maximum Gasteiger partial charge on any atom is 0.0469 e. The van der Waals surface area contributed by atoms with Crippen molar-refractivity contribution < 1.29 is 0 Å². The Morgan fingerprint density at radius 2 is 2.12 bits per heavy atom. The van der Waals surface area contributed by atoms with Crippen molar-refractivity contribution in [2.75, 3.05) is 0 Å². The van der Waals surface area contributed by atoms with E-state index in [9.17, 15) is 0 Å². The van der Waals surface area contributed by atoms with Gasteiger partial charge in [0.2, 0.25) is 0 Å². The number of nitrogens with zero attached hydrogens (tertiary/aromatic N) is 1. The molecule has 1 saturated carbocycles. The molecule has 1 aromatic rings. The van der Waals surface area contributed by atoms with E-state index in [2.05, 4.69) is 17.1 Å². The van der Waals surface area contributed by atoms with Crippen molar-refractivity contribution in [2.24, 2.45) is 5.92 Å². The molecule has 2 heteroatoms. The fourth-order valence-corrected chi connectivity index (χ4v) is 4.02. The Balaban J connectivity index is 1.84. The minimum Gasteiger partial charge on any atom is -0.261 e. The van der Waals surface area contributed by atoms with Crippen LogP contribution < -0.4 is 0 Å². The van der Waals surface area contributed by atoms with Gasteiger partial charge in [-0.05, 0) is 56.1 Å². The van der Waals surface area contributed by atoms with Crippen LogP contribution in [0.25, 0.3) is 0 Å². The summed E-state index contributed by atoms with van der Waals surface area (Å²) in [7, 11) is 0. The summed E-state index contributed by atoms with van der Waals surface area (Å²) in [6.07, 6.45) is 10.9. The van der Waals surface area contributed by atoms with Crippen LogP contribution in [0.3, 0.4) is 0 Å². The molecule has 0 bridgehead atoms. The molecule has 2 aliphatic rings. The van der Waals surface area contributed by atoms with E-state index in [4.69, 9.17) is 11.6 Å². The Bertz CT molecular complexity index is 390. The van der Waals surface area contributed by atoms with Gasteiger partial charge in [-0.1, -0.05) is 12.5 Å². The largest absolute Gasteiger partial charge is 0.261 e. The number of fused-ring (bicyclic) bond motifs is 1. The topological polar surface area (TPSA) is 12.9 Å². The number of hydrogen-bond donors (Lipinski definition) is 0. The molecule has 1 fully saturated rings. The Morgan fingerprint density at radius 1 is 1.18 bits per heavy atom. The van der Waals surface area contributed by atoms with Gasteiger partial charge in [0, 0.05) is 23.2 Å². The van der Waals surface area contributed by atoms with Crippen LogP contribution >= 0.6 is 11.6 Å². The first-order valence-electron chi connectivity index (χ1n) is 6.92. The predicted molar refractivity (Wildman–Crippen MR) is 71.5 cm³/mol. The molecule has 0 aromatic carbocycles. The summed E-state index contributed by atoms with van der Waals surface area (Å²) in [5, 5.41) is 0.405. The van der Waals surface area contributed by atoms with Crippen LogP contribution in [-0.2, 0) is 6.42 Å². The second-order valence-corrected chi connectivity index (χ2v) is 6.19. The third-order valence-corrected chi connectivity index (χ3v) is 4.85. The van der Waals surface area contributed by atoms with Crippen molar-refractivity contribution in [1.29, 1.82) is 0 Å². The van der Waals surface area contributed by atoms with Crippen LogP contribution in [0, 0.1) is 5.92 Å². The molecule has 3 unspecified atom stereocenters. The molecule has 1 aromatic heterocycles. The maximum atomic E-state index is 6.34. The molecule has 0 saturated heterocycles. The Hall–Kier alpha value is -0.560. The van der Waals surface area contributed by atoms with Crippen molar-refractivity contribution in [2.45, 2.75) is 56.2 Å². The van der Waals surface area contributed by atoms with Gasteiger partial charge >= 0.3 is 0 Å². The number of alkyl halides is 1. The molecule has 92 valence electrons. The lowest BCUT2D eigenvalue weighted by Gasteiger charge is -2.35. The van der Waals surface area contributed by atoms with E-state index in [0.717, 1.165) is 5.92 Å². The summed E-state index contributed by atoms with van der Waals surface area (Å²) in [6, 6.07) is 4.34. The molecule has 0 spiro atoms. The average Bonchev–Trinajstić information content (AvgIpc) is 2.38. The summed E-state index contributed by atoms with van der Waals surface area (Å²) in [4.78, 5) is 4.66. The summed E-state index contributed by atoms with van der Waals surface area (Å²) < 4.78 is 0. The van der Waals surface area contributed by atoms with Gasteiger partial charge in [0.1, 0.15) is 0 Å². The highest BCUT2D eigenvalue weighted by molar-refractivity contribution is 6.20. The first-order chi connectivity index (χ1) is 8.34. The monoisotopic (exact) mass is 249 g/mol. The molecule has 3 rings (SSSR count). The van der Waals surface area contributed by atoms with Gasteiger partial charge < -0.3 is 0 Å². The highest BCUT2D eigenvalue weighted by Crippen LogP contribution is 2.42. The summed E-state index contributed by atoms with van der Waals surface area (Å²) in [5.74, 6) is 1.46. The molecular formula is C15H20ClN. The van der Waals surface area contributed by atoms with Gasteiger partial charge in [0.25, 0.3) is 0 Å². The van der Waals surface area contributed by atoms with Crippen LogP contribution in [0.4, 0.5) is 0 Å². The van der Waals surface area contributed by atoms with E-state index in [1.807, 2.05) is 6.20 Å². The van der Waals surface area contributed by atoms with Crippen molar-refractivity contribution >= 4 is 11.6 Å². The number of halogens is 1. The Labute approximate surface area is 109 Å². The lowest BCUT2D eigenvalue weighted by molar-refractivity contribution is 0.282. The first kappa shape index (κ1) is 11.5. The minimum atomic E-state index is 0.405. The second-order valence-electron chi connectivity index (χ2n) is 5.57. The quantitative estimate of drug-likeness (QED) is 0.677. The predicted octanol–water partition coefficient (Wildman–Crippen LogP) is 4.30. The lowest BCUT2D eigenvalue weighted by atomic mass is 9.72. The molecule has 1 heterocycles. The molecule has 2 aliphatic carbocycles. The van der Waals surface area contributed by atoms with Gasteiger partial charge in [-0.15, -0.1) is 11.6 Å². The van der Waals surface area contributed by atoms with Gasteiger partial charge in [-0.2, -0.15) is 0 Å². The van der Waals surface area contributed by atoms with E-state index in [0.29, 0.717) is 11.3 Å². The normalized spacial score (nSPS) is 33.1. The number of aryl methyl sites for hydroxylation is 1. The van der Waals surface area contributed by atoms with Crippen molar-refractivity contribution in [3.63, 3.8) is 0 Å². The van der Waals surface area contributed by atoms with Gasteiger partial charge in [-0.3, -0.25) is 4.98 Å². The zero-order valence-electron chi connectivity index (χ0n) is 10.2. The molecular weight excluding hydrogens is 230 g/mol. The third-order valence-electron chi connectivity index (χ3n) is 4.46. The smallest absolute Gasteiger partial charge is 0.0469 e. The SMILES string of the molecule is ClC1CCCC(C2CCCc3cccnc32)C1. The van der Waals surface area contributed by atoms with Crippen molar-refractivity contribution in [3.05, 3.63) is 29.6 Å². The molecule has 1 nitrogen and oxygen atoms in total. The highest BCUT2D eigenvalue weighted by atomic mass is 35.5. The number of hydrogen-bond acceptors (Lipinski definition) is 1. The average molecular weight is 250 g/mol. The van der Waals surface area contributed by atoms with Crippen LogP contribution in [-0.4, -0.2) is 10.4 Å². The Kier molecular flexibility index (Phi) is 3.37. The first-order valence-corrected chi connectivity index (χ1v) is 7.36. The fourth-order valence-electron chi connectivity index (χ4n) is 3.64. The van der Waals surface area contributed by atoms with E-state index in [1.54, 1.807) is 0 Å². The van der Waals surface area contributed by atoms with Gasteiger partial charge in [0.15, 0.2) is 0 Å². The number of pyridine rings is 1. The molecule has 0 N–H and O–H groups in total. The molecule has 0 aliphatic heterocycles. The summed E-state index contributed by atoms with van der Waals surface area (Å²) in [6.45, 7) is 0. The van der Waals surface area contributed by atoms with E-state index in [-0.39, 0.29) is 0 Å². The van der Waals surface area contributed by atoms with Crippen molar-refractivity contribution in [3.8, 4) is 0 Å². The van der Waals surface area contributed by atoms with E-state index < -0.39 is 0 Å². The lowest BCUT2D eigenvalue weighted by Crippen LogP contribution is -2.25. The minimum absolute atomic E-state index is 0.405. The van der Waals surface area contributed by atoms with Gasteiger partial charge in [0.05, 0.1) is 0 Å². The summed E-state index contributed by atoms with van der Waals surface area (Å²) in [5.41, 5.74) is 2.87. The fraction of sp³-hybridized carbons (Fsp3) is 0.667. The molecule has 17 heavy (non-hydrogen) atoms. The van der Waals surface area contributed by atoms with Crippen LogP contribution in [0.5, 0.6) is 0 Å². The van der Waals surface area contributed by atoms with Crippen LogP contribution in [0.15, 0.2) is 18.3 Å². The standard InChI is InChI=1S/C15H20ClN/c16-13-7-1-5-12(10-13)14-8-2-4-11-6-3-9-17-15(11)14/h3,6,9,12-14H,1-2,4-5,7-8,10H2. The van der Waals surface area contributed by atoms with Crippen LogP contribution in [0.1, 0.15) is 55.7 Å². The zero-order chi connectivity index (χ0) is 11.7. The number of aromatic nitrogens is 1. The van der Waals surface area contributed by atoms with Gasteiger partial charge in [-0.25, -0.2) is 0 Å². The zero-order valence-corrected chi connectivity index (χ0v) is 11.0. The maximum absolute atomic E-state index is 6.34. The van der Waals surface area contributed by atoms with E-state index >= 15 is 0 Å². The Morgan fingerprint density at radius 3 is 3.00 bits per heavy atom. The van der Waals surface area contributed by atoms with Crippen molar-refractivity contribution in [1.82, 2.24) is 4.98 Å². The van der Waals surface area contributed by atoms with Crippen LogP contribution in [0.2, 0.25) is 0 Å².